The van der Waals surface area contributed by atoms with E-state index < -0.39 is 11.7 Å². The van der Waals surface area contributed by atoms with Crippen LogP contribution in [0.2, 0.25) is 0 Å². The largest absolute Gasteiger partial charge is 0.416 e. The zero-order chi connectivity index (χ0) is 19.1. The Kier molecular flexibility index (Phi) is 7.87. The normalized spacial score (nSPS) is 25.8. The summed E-state index contributed by atoms with van der Waals surface area (Å²) in [5.41, 5.74) is 0.494. The van der Waals surface area contributed by atoms with Gasteiger partial charge in [0.05, 0.1) is 5.56 Å². The van der Waals surface area contributed by atoms with Gasteiger partial charge in [-0.15, -0.1) is 24.8 Å². The number of halogens is 5. The molecule has 1 aliphatic carbocycles. The summed E-state index contributed by atoms with van der Waals surface area (Å²) < 4.78 is 37.9. The predicted octanol–water partition coefficient (Wildman–Crippen LogP) is 3.63. The van der Waals surface area contributed by atoms with E-state index in [1.165, 1.54) is 0 Å². The van der Waals surface area contributed by atoms with Crippen molar-refractivity contribution in [2.45, 2.75) is 44.4 Å². The fourth-order valence-corrected chi connectivity index (χ4v) is 4.65. The first-order chi connectivity index (χ1) is 12.9. The maximum absolute atomic E-state index is 12.6. The molecule has 4 nitrogen and oxygen atoms in total. The van der Waals surface area contributed by atoms with Crippen LogP contribution in [0.5, 0.6) is 0 Å². The van der Waals surface area contributed by atoms with E-state index in [-0.39, 0.29) is 48.1 Å². The van der Waals surface area contributed by atoms with Crippen LogP contribution in [0.1, 0.15) is 36.8 Å². The van der Waals surface area contributed by atoms with Gasteiger partial charge in [0, 0.05) is 31.6 Å². The van der Waals surface area contributed by atoms with Crippen LogP contribution in [0.25, 0.3) is 0 Å². The van der Waals surface area contributed by atoms with Gasteiger partial charge < -0.3 is 10.6 Å². The van der Waals surface area contributed by atoms with Gasteiger partial charge in [-0.05, 0) is 61.9 Å². The minimum Gasteiger partial charge on any atom is -0.352 e. The molecule has 2 atom stereocenters. The standard InChI is InChI=1S/C20H26F3N3O.2ClH/c21-20(22,23)15-3-1-14(2-4-15)12-26-10-5-16(13-26)25-18(27)17-11-19(17)6-8-24-9-7-19;;/h1-4,16-17,24H,5-13H2,(H,25,27);2*1H. The summed E-state index contributed by atoms with van der Waals surface area (Å²) in [5.74, 6) is 0.363. The van der Waals surface area contributed by atoms with Gasteiger partial charge in [-0.1, -0.05) is 12.1 Å². The first-order valence-corrected chi connectivity index (χ1v) is 9.75. The monoisotopic (exact) mass is 453 g/mol. The quantitative estimate of drug-likeness (QED) is 0.731. The van der Waals surface area contributed by atoms with Crippen molar-refractivity contribution in [2.24, 2.45) is 11.3 Å². The van der Waals surface area contributed by atoms with E-state index in [1.54, 1.807) is 12.1 Å². The van der Waals surface area contributed by atoms with Gasteiger partial charge in [0.25, 0.3) is 0 Å². The number of hydrogen-bond acceptors (Lipinski definition) is 3. The number of alkyl halides is 3. The summed E-state index contributed by atoms with van der Waals surface area (Å²) in [5, 5.41) is 6.56. The summed E-state index contributed by atoms with van der Waals surface area (Å²) in [7, 11) is 0. The summed E-state index contributed by atoms with van der Waals surface area (Å²) in [6.45, 7) is 4.24. The Morgan fingerprint density at radius 2 is 1.83 bits per heavy atom. The van der Waals surface area contributed by atoms with Crippen molar-refractivity contribution in [1.82, 2.24) is 15.5 Å². The molecule has 0 aromatic heterocycles. The summed E-state index contributed by atoms with van der Waals surface area (Å²) in [6.07, 6.45) is -0.197. The van der Waals surface area contributed by atoms with E-state index in [0.717, 1.165) is 69.6 Å². The molecule has 164 valence electrons. The molecule has 3 aliphatic rings. The highest BCUT2D eigenvalue weighted by atomic mass is 35.5. The maximum atomic E-state index is 12.6. The molecule has 2 saturated heterocycles. The van der Waals surface area contributed by atoms with Crippen LogP contribution in [-0.4, -0.2) is 43.0 Å². The van der Waals surface area contributed by atoms with Crippen LogP contribution < -0.4 is 10.6 Å². The van der Waals surface area contributed by atoms with Gasteiger partial charge in [0.1, 0.15) is 0 Å². The van der Waals surface area contributed by atoms with E-state index in [0.29, 0.717) is 6.54 Å². The van der Waals surface area contributed by atoms with E-state index in [2.05, 4.69) is 15.5 Å². The fourth-order valence-electron chi connectivity index (χ4n) is 4.65. The van der Waals surface area contributed by atoms with Crippen LogP contribution in [0.3, 0.4) is 0 Å². The molecule has 0 radical (unpaired) electrons. The van der Waals surface area contributed by atoms with Gasteiger partial charge in [-0.2, -0.15) is 13.2 Å². The Labute approximate surface area is 181 Å². The lowest BCUT2D eigenvalue weighted by atomic mass is 9.91. The van der Waals surface area contributed by atoms with Crippen LogP contribution in [-0.2, 0) is 17.5 Å². The topological polar surface area (TPSA) is 44.4 Å². The number of piperidine rings is 1. The number of likely N-dealkylation sites (tertiary alicyclic amines) is 1. The molecule has 2 unspecified atom stereocenters. The Morgan fingerprint density at radius 3 is 2.45 bits per heavy atom. The first kappa shape index (κ1) is 24.3. The van der Waals surface area contributed by atoms with Gasteiger partial charge >= 0.3 is 6.18 Å². The van der Waals surface area contributed by atoms with Crippen molar-refractivity contribution in [2.75, 3.05) is 26.2 Å². The van der Waals surface area contributed by atoms with Crippen molar-refractivity contribution < 1.29 is 18.0 Å². The molecule has 0 bridgehead atoms. The first-order valence-electron chi connectivity index (χ1n) is 9.75. The third kappa shape index (κ3) is 5.57. The van der Waals surface area contributed by atoms with Crippen molar-refractivity contribution >= 4 is 30.7 Å². The fraction of sp³-hybridized carbons (Fsp3) is 0.650. The molecular formula is C20H28Cl2F3N3O. The number of amides is 1. The molecule has 2 N–H and O–H groups in total. The predicted molar refractivity (Wildman–Crippen MR) is 110 cm³/mol. The number of benzene rings is 1. The number of nitrogens with zero attached hydrogens (tertiary/aromatic N) is 1. The molecule has 1 aromatic rings. The molecule has 3 fully saturated rings. The van der Waals surface area contributed by atoms with E-state index >= 15 is 0 Å². The highest BCUT2D eigenvalue weighted by Crippen LogP contribution is 2.58. The summed E-state index contributed by atoms with van der Waals surface area (Å²) >= 11 is 0. The van der Waals surface area contributed by atoms with Crippen molar-refractivity contribution in [1.29, 1.82) is 0 Å². The molecule has 1 spiro atoms. The Bertz CT molecular complexity index is 693. The van der Waals surface area contributed by atoms with E-state index in [1.807, 2.05) is 0 Å². The molecule has 1 amide bonds. The Morgan fingerprint density at radius 1 is 1.17 bits per heavy atom. The lowest BCUT2D eigenvalue weighted by Crippen LogP contribution is -2.40. The van der Waals surface area contributed by atoms with Crippen molar-refractivity contribution in [3.05, 3.63) is 35.4 Å². The Hall–Kier alpha value is -1.02. The molecular weight excluding hydrogens is 426 g/mol. The highest BCUT2D eigenvalue weighted by molar-refractivity contribution is 5.85. The van der Waals surface area contributed by atoms with Gasteiger partial charge in [0.15, 0.2) is 0 Å². The number of rotatable bonds is 4. The number of hydrogen-bond donors (Lipinski definition) is 2. The molecule has 29 heavy (non-hydrogen) atoms. The third-order valence-electron chi connectivity index (χ3n) is 6.41. The number of carbonyl (C=O) groups is 1. The minimum absolute atomic E-state index is 0. The van der Waals surface area contributed by atoms with Crippen LogP contribution >= 0.6 is 24.8 Å². The molecule has 4 rings (SSSR count). The average Bonchev–Trinajstić information content (AvgIpc) is 3.14. The van der Waals surface area contributed by atoms with Crippen LogP contribution in [0, 0.1) is 11.3 Å². The van der Waals surface area contributed by atoms with E-state index in [4.69, 9.17) is 0 Å². The smallest absolute Gasteiger partial charge is 0.352 e. The van der Waals surface area contributed by atoms with Gasteiger partial charge in [-0.25, -0.2) is 0 Å². The van der Waals surface area contributed by atoms with Gasteiger partial charge in [-0.3, -0.25) is 9.69 Å². The highest BCUT2D eigenvalue weighted by Gasteiger charge is 2.57. The minimum atomic E-state index is -4.30. The number of carbonyl (C=O) groups excluding carboxylic acids is 1. The van der Waals surface area contributed by atoms with Crippen LogP contribution in [0.15, 0.2) is 24.3 Å². The number of nitrogens with one attached hydrogen (secondary N) is 2. The molecule has 1 saturated carbocycles. The second-order valence-corrected chi connectivity index (χ2v) is 8.29. The molecule has 1 aromatic carbocycles. The summed E-state index contributed by atoms with van der Waals surface area (Å²) in [4.78, 5) is 14.8. The molecule has 2 heterocycles. The van der Waals surface area contributed by atoms with Gasteiger partial charge in [0.2, 0.25) is 5.91 Å². The third-order valence-corrected chi connectivity index (χ3v) is 6.41. The second kappa shape index (κ2) is 9.41. The summed E-state index contributed by atoms with van der Waals surface area (Å²) in [6, 6.07) is 5.50. The molecule has 9 heteroatoms. The molecule has 2 aliphatic heterocycles. The van der Waals surface area contributed by atoms with Crippen molar-refractivity contribution in [3.8, 4) is 0 Å². The zero-order valence-corrected chi connectivity index (χ0v) is 17.8. The average molecular weight is 454 g/mol. The lowest BCUT2D eigenvalue weighted by Gasteiger charge is -2.23. The second-order valence-electron chi connectivity index (χ2n) is 8.29. The maximum Gasteiger partial charge on any atom is 0.416 e. The SMILES string of the molecule is Cl.Cl.O=C(NC1CCN(Cc2ccc(C(F)(F)F)cc2)C1)C1CC12CCNCC2. The Balaban J connectivity index is 0.00000150. The zero-order valence-electron chi connectivity index (χ0n) is 16.1. The van der Waals surface area contributed by atoms with Crippen molar-refractivity contribution in [3.63, 3.8) is 0 Å². The van der Waals surface area contributed by atoms with E-state index in [9.17, 15) is 18.0 Å². The lowest BCUT2D eigenvalue weighted by molar-refractivity contribution is -0.137. The van der Waals surface area contributed by atoms with Crippen LogP contribution in [0.4, 0.5) is 13.2 Å².